The molecular formula is C89H175F9O9. The molecule has 107 heavy (non-hydrogen) atoms. The van der Waals surface area contributed by atoms with Crippen LogP contribution in [0.4, 0.5) is 39.5 Å². The first-order chi connectivity index (χ1) is 46.3. The molecule has 648 valence electrons. The summed E-state index contributed by atoms with van der Waals surface area (Å²) in [7, 11) is 1.75. The number of hydrogen-bond acceptors (Lipinski definition) is 6. The van der Waals surface area contributed by atoms with Gasteiger partial charge in [0.15, 0.2) is 11.8 Å². The van der Waals surface area contributed by atoms with E-state index in [1.165, 1.54) is 86.5 Å². The van der Waals surface area contributed by atoms with E-state index < -0.39 is 69.9 Å². The van der Waals surface area contributed by atoms with Gasteiger partial charge in [-0.25, -0.2) is 4.89 Å². The Hall–Kier alpha value is -2.34. The van der Waals surface area contributed by atoms with E-state index >= 15 is 0 Å². The minimum Gasteiger partial charge on any atom is -0.481 e. The summed E-state index contributed by atoms with van der Waals surface area (Å²) in [5.74, 6) is -3.67. The third-order valence-corrected chi connectivity index (χ3v) is 25.5. The van der Waals surface area contributed by atoms with Gasteiger partial charge >= 0.3 is 36.4 Å². The van der Waals surface area contributed by atoms with Gasteiger partial charge in [0.05, 0.1) is 11.3 Å². The number of alkyl halides is 9. The standard InChI is InChI=1S/C15H30O2.C10H22.2C9H18.C9H20.C8H13F3.C8H18O.2C7H11F3O2.C7H14O2/c1-8-11(2)14(6,7)12(17-16)15(9-10-15)13(3,4)5;1-8(9(2,3)4)10(5,6)7;1-8(2,3)9(4)6-5-7-9;1-7(8-5-6-8)9(2,3)4;1-7(2)8(3)9(4,5)6;1-6(2,3)7(4-5-7)8(9,10)11;1-7(6-9-5)8(2,3)4;2*1-6(2,3)4(5(11)12)7(8,9)10;1-5(6(8)9)7(2,3)4/h11-12,16H,8-10H2,1-7H3;8H,1-7H3;5-7H2,1-4H3;7-8H,5-6H2,1-4H3;7-8H,1-6H3;4-5H2,1-3H3;7H,6H2,1-5H3;2*4H,1-3H3,(H,11,12);5H,1-4H3,(H,8,9)/t11-,12?;;;7-;8-;;7-;2*4-;5-/m1..11.1101/s1. The van der Waals surface area contributed by atoms with Crippen LogP contribution in [0.5, 0.6) is 0 Å². The Morgan fingerprint density at radius 3 is 0.822 bits per heavy atom. The molecule has 1 unspecified atom stereocenters. The summed E-state index contributed by atoms with van der Waals surface area (Å²) in [6, 6.07) is 0. The molecule has 0 amide bonds. The van der Waals surface area contributed by atoms with Gasteiger partial charge in [0, 0.05) is 19.1 Å². The summed E-state index contributed by atoms with van der Waals surface area (Å²) in [4.78, 5) is 35.9. The molecule has 0 aromatic heterocycles. The van der Waals surface area contributed by atoms with Gasteiger partial charge < -0.3 is 20.1 Å². The van der Waals surface area contributed by atoms with Crippen molar-refractivity contribution in [2.45, 2.75) is 400 Å². The number of halogens is 9. The smallest absolute Gasteiger partial charge is 0.402 e. The van der Waals surface area contributed by atoms with E-state index in [9.17, 15) is 59.2 Å². The van der Waals surface area contributed by atoms with E-state index in [0.29, 0.717) is 62.6 Å². The van der Waals surface area contributed by atoms with E-state index in [1.54, 1.807) is 34.8 Å². The molecule has 4 N–H and O–H groups in total. The van der Waals surface area contributed by atoms with Crippen molar-refractivity contribution in [1.29, 1.82) is 0 Å². The van der Waals surface area contributed by atoms with Crippen molar-refractivity contribution in [3.05, 3.63) is 0 Å². The number of aliphatic carboxylic acids is 3. The molecule has 0 radical (unpaired) electrons. The van der Waals surface area contributed by atoms with Crippen molar-refractivity contribution in [1.82, 2.24) is 0 Å². The van der Waals surface area contributed by atoms with Gasteiger partial charge in [0.1, 0.15) is 6.10 Å². The van der Waals surface area contributed by atoms with E-state index in [2.05, 4.69) is 222 Å². The molecule has 18 heteroatoms. The van der Waals surface area contributed by atoms with Crippen LogP contribution in [-0.2, 0) is 24.0 Å². The molecule has 0 aromatic carbocycles. The first-order valence-corrected chi connectivity index (χ1v) is 40.0. The van der Waals surface area contributed by atoms with E-state index in [-0.39, 0.29) is 33.7 Å². The summed E-state index contributed by atoms with van der Waals surface area (Å²) in [5, 5.41) is 34.6. The van der Waals surface area contributed by atoms with E-state index in [1.807, 2.05) is 20.8 Å². The van der Waals surface area contributed by atoms with Gasteiger partial charge in [-0.2, -0.15) is 39.5 Å². The number of carbonyl (C=O) groups is 3. The molecule has 0 aromatic rings. The SMILES string of the molecule is CC(C(C)(C)C)C(C)(C)C.CC(C)(C)C1(C(F)(F)F)CC1.CC(C)(C)C1(C)CCC1.CC(C)(C)[C@@H](C(=O)O)C(F)(F)F.CC(C)(C)[C@H](C(=O)O)C(F)(F)F.CC(C)[C@@H](C)C(C)(C)C.CC[C@@H](C)C(C)(C)C(OO)C1(C(C)(C)C)CC1.COC[C@@H](C)C(C)(C)C.C[C@H](C(=O)O)C(C)(C)C.C[C@H](C1CC1)C(C)(C)C. The maximum absolute atomic E-state index is 12.4. The lowest BCUT2D eigenvalue weighted by Gasteiger charge is -2.49. The van der Waals surface area contributed by atoms with Crippen LogP contribution in [-0.4, -0.2) is 76.8 Å². The number of carboxylic acid groups (broad SMARTS) is 3. The average Bonchev–Trinajstić information content (AvgIpc) is 1.57. The molecule has 9 nitrogen and oxygen atoms in total. The zero-order chi connectivity index (χ0) is 88.3. The number of methoxy groups -OCH3 is 1. The maximum Gasteiger partial charge on any atom is 0.402 e. The van der Waals surface area contributed by atoms with Crippen LogP contribution < -0.4 is 0 Å². The molecule has 4 aliphatic carbocycles. The van der Waals surface area contributed by atoms with Crippen molar-refractivity contribution in [3.8, 4) is 0 Å². The van der Waals surface area contributed by atoms with Crippen LogP contribution in [0.3, 0.4) is 0 Å². The Balaban J connectivity index is -0.000000267. The Kier molecular flexibility index (Phi) is 45.7. The minimum absolute atomic E-state index is 0.00722. The van der Waals surface area contributed by atoms with Gasteiger partial charge in [0.25, 0.3) is 0 Å². The summed E-state index contributed by atoms with van der Waals surface area (Å²) >= 11 is 0. The summed E-state index contributed by atoms with van der Waals surface area (Å²) < 4.78 is 115. The Labute approximate surface area is 653 Å². The highest BCUT2D eigenvalue weighted by Gasteiger charge is 2.69. The molecule has 0 spiro atoms. The predicted molar refractivity (Wildman–Crippen MR) is 433 cm³/mol. The molecule has 8 atom stereocenters. The molecule has 0 heterocycles. The molecule has 4 fully saturated rings. The highest BCUT2D eigenvalue weighted by atomic mass is 19.4. The second-order valence-corrected chi connectivity index (χ2v) is 45.4. The monoisotopic (exact) mass is 1560 g/mol. The van der Waals surface area contributed by atoms with Crippen LogP contribution in [0.15, 0.2) is 0 Å². The topological polar surface area (TPSA) is 151 Å². The highest BCUT2D eigenvalue weighted by molar-refractivity contribution is 5.72. The molecule has 4 aliphatic rings. The molecule has 0 bridgehead atoms. The zero-order valence-corrected chi connectivity index (χ0v) is 77.9. The highest BCUT2D eigenvalue weighted by Crippen LogP contribution is 2.67. The number of hydrogen-bond donors (Lipinski definition) is 4. The van der Waals surface area contributed by atoms with Gasteiger partial charge in [-0.15, -0.1) is 0 Å². The fourth-order valence-electron chi connectivity index (χ4n) is 12.8. The number of carboxylic acids is 3. The molecule has 0 saturated heterocycles. The second kappa shape index (κ2) is 42.3. The van der Waals surface area contributed by atoms with E-state index in [0.717, 1.165) is 42.6 Å². The fraction of sp³-hybridized carbons (Fsp3) is 0.966. The van der Waals surface area contributed by atoms with Crippen molar-refractivity contribution in [2.75, 3.05) is 13.7 Å². The lowest BCUT2D eigenvalue weighted by Crippen LogP contribution is -2.47. The minimum atomic E-state index is -4.68. The van der Waals surface area contributed by atoms with Crippen LogP contribution in [0, 0.1) is 140 Å². The average molecular weight is 1560 g/mol. The van der Waals surface area contributed by atoms with Crippen LogP contribution in [0.1, 0.15) is 376 Å². The second-order valence-electron chi connectivity index (χ2n) is 45.4. The Bertz CT molecular complexity index is 2350. The van der Waals surface area contributed by atoms with Gasteiger partial charge in [0.2, 0.25) is 0 Å². The first kappa shape index (κ1) is 116. The van der Waals surface area contributed by atoms with Crippen molar-refractivity contribution in [3.63, 3.8) is 0 Å². The van der Waals surface area contributed by atoms with E-state index in [4.69, 9.17) is 24.9 Å². The third-order valence-electron chi connectivity index (χ3n) is 25.5. The maximum atomic E-state index is 12.4. The Morgan fingerprint density at radius 2 is 0.766 bits per heavy atom. The quantitative estimate of drug-likeness (QED) is 0.0851. The van der Waals surface area contributed by atoms with Crippen molar-refractivity contribution < 1.29 is 84.1 Å². The molecule has 4 rings (SSSR count). The van der Waals surface area contributed by atoms with Gasteiger partial charge in [-0.3, -0.25) is 19.6 Å². The van der Waals surface area contributed by atoms with Crippen LogP contribution in [0.2, 0.25) is 0 Å². The van der Waals surface area contributed by atoms with Crippen LogP contribution >= 0.6 is 0 Å². The first-order valence-electron chi connectivity index (χ1n) is 40.0. The van der Waals surface area contributed by atoms with Gasteiger partial charge in [-0.05, 0) is 163 Å². The number of rotatable bonds is 12. The molecule has 0 aliphatic heterocycles. The van der Waals surface area contributed by atoms with Crippen LogP contribution in [0.25, 0.3) is 0 Å². The zero-order valence-electron chi connectivity index (χ0n) is 77.9. The normalized spacial score (nSPS) is 19.1. The summed E-state index contributed by atoms with van der Waals surface area (Å²) in [5.41, 5.74) is -0.904. The largest absolute Gasteiger partial charge is 0.481 e. The molecular weight excluding hydrogens is 1380 g/mol. The summed E-state index contributed by atoms with van der Waals surface area (Å²) in [6.45, 7) is 94.3. The lowest BCUT2D eigenvalue weighted by atomic mass is 9.56. The Morgan fingerprint density at radius 1 is 0.430 bits per heavy atom. The molecule has 4 saturated carbocycles. The summed E-state index contributed by atoms with van der Waals surface area (Å²) in [6.07, 6.45) is -2.06. The fourth-order valence-corrected chi connectivity index (χ4v) is 12.8. The number of ether oxygens (including phenoxy) is 1. The lowest BCUT2D eigenvalue weighted by molar-refractivity contribution is -0.330. The van der Waals surface area contributed by atoms with Crippen molar-refractivity contribution in [2.24, 2.45) is 140 Å². The third kappa shape index (κ3) is 42.0. The van der Waals surface area contributed by atoms with Gasteiger partial charge in [-0.1, -0.05) is 324 Å². The van der Waals surface area contributed by atoms with Crippen molar-refractivity contribution >= 4 is 17.9 Å². The predicted octanol–water partition coefficient (Wildman–Crippen LogP) is 30.1.